The molecule has 9 rings (SSSR count). The number of benzene rings is 2. The molecule has 2 aromatic carbocycles. The average Bonchev–Trinajstić information content (AvgIpc) is 3.88. The molecule has 1 amide bonds. The summed E-state index contributed by atoms with van der Waals surface area (Å²) in [5, 5.41) is 14.1. The van der Waals surface area contributed by atoms with Gasteiger partial charge in [-0.3, -0.25) is 9.69 Å². The molecule has 2 aliphatic heterocycles. The van der Waals surface area contributed by atoms with Crippen molar-refractivity contribution in [2.45, 2.75) is 101 Å². The standard InChI is InChI=1S/C46H56N8O5S/c1-29(2)35-7-4-5-8-36(35)40-9-6-16-54(40)32-24-46(25-32)13-17-53(18-14-46)42-21-41(59-33-19-31-12-15-48-43(31)51-27-33)37(28-50-42)44(55)52-60(57,58)34-10-11-39(38(47)20-34)49-26-30-22-45(3,56)23-30/h4-5,7-8,10-12,15,19-21,27-30,32,40,49,56H,6,9,13-14,16-18,22-26,47H2,1-3H3,(H,48,51)(H,52,55)/t30?,40-,45?/m0/s1. The highest BCUT2D eigenvalue weighted by Gasteiger charge is 2.50. The molecular weight excluding hydrogens is 777 g/mol. The molecule has 0 unspecified atom stereocenters. The number of aliphatic hydroxyl groups is 1. The lowest BCUT2D eigenvalue weighted by molar-refractivity contribution is -0.0523. The molecule has 13 nitrogen and oxygen atoms in total. The third-order valence-electron chi connectivity index (χ3n) is 13.5. The summed E-state index contributed by atoms with van der Waals surface area (Å²) in [6.45, 7) is 9.81. The molecule has 5 heterocycles. The van der Waals surface area contributed by atoms with Crippen LogP contribution in [0.3, 0.4) is 0 Å². The number of carbonyl (C=O) groups is 1. The number of pyridine rings is 2. The molecule has 3 aromatic heterocycles. The van der Waals surface area contributed by atoms with Crippen LogP contribution in [0.1, 0.15) is 106 Å². The van der Waals surface area contributed by atoms with Crippen molar-refractivity contribution in [3.05, 3.63) is 95.9 Å². The summed E-state index contributed by atoms with van der Waals surface area (Å²) in [5.74, 6) is 1.15. The summed E-state index contributed by atoms with van der Waals surface area (Å²) in [4.78, 5) is 30.9. The van der Waals surface area contributed by atoms with Crippen LogP contribution >= 0.6 is 0 Å². The molecule has 2 saturated heterocycles. The number of fused-ring (bicyclic) bond motifs is 1. The fraction of sp³-hybridized carbons (Fsp3) is 0.457. The number of hydrogen-bond donors (Lipinski definition) is 5. The van der Waals surface area contributed by atoms with Crippen molar-refractivity contribution in [3.8, 4) is 11.5 Å². The summed E-state index contributed by atoms with van der Waals surface area (Å²) in [7, 11) is -4.33. The number of likely N-dealkylation sites (tertiary alicyclic amines) is 1. The summed E-state index contributed by atoms with van der Waals surface area (Å²) < 4.78 is 35.7. The van der Waals surface area contributed by atoms with Crippen LogP contribution in [0.25, 0.3) is 11.0 Å². The number of rotatable bonds is 12. The van der Waals surface area contributed by atoms with Gasteiger partial charge in [-0.1, -0.05) is 38.1 Å². The molecule has 4 aliphatic rings. The van der Waals surface area contributed by atoms with E-state index in [2.05, 4.69) is 67.9 Å². The SMILES string of the molecule is CC(C)c1ccccc1[C@@H]1CCCN1C1CC2(CCN(c3cc(Oc4cnc5[nH]ccc5c4)c(C(=O)NS(=O)(=O)c4ccc(NCC5CC(C)(O)C5)c(N)c4)cn3)CC2)C1. The van der Waals surface area contributed by atoms with Gasteiger partial charge in [-0.05, 0) is 124 Å². The number of ether oxygens (including phenoxy) is 1. The van der Waals surface area contributed by atoms with Gasteiger partial charge in [-0.25, -0.2) is 23.1 Å². The predicted molar refractivity (Wildman–Crippen MR) is 234 cm³/mol. The van der Waals surface area contributed by atoms with E-state index >= 15 is 0 Å². The van der Waals surface area contributed by atoms with Gasteiger partial charge in [0.25, 0.3) is 15.9 Å². The van der Waals surface area contributed by atoms with Gasteiger partial charge in [0.1, 0.15) is 28.5 Å². The third-order valence-corrected chi connectivity index (χ3v) is 14.9. The lowest BCUT2D eigenvalue weighted by Gasteiger charge is -2.56. The Balaban J connectivity index is 0.887. The predicted octanol–water partition coefficient (Wildman–Crippen LogP) is 7.73. The van der Waals surface area contributed by atoms with E-state index in [1.54, 1.807) is 24.5 Å². The summed E-state index contributed by atoms with van der Waals surface area (Å²) in [6, 6.07) is 19.8. The number of anilines is 3. The van der Waals surface area contributed by atoms with Crippen LogP contribution in [0.15, 0.2) is 84.1 Å². The van der Waals surface area contributed by atoms with Gasteiger partial charge in [0, 0.05) is 55.6 Å². The van der Waals surface area contributed by atoms with E-state index in [1.807, 2.05) is 19.1 Å². The maximum Gasteiger partial charge on any atom is 0.270 e. The number of carbonyl (C=O) groups excluding carboxylic acids is 1. The van der Waals surface area contributed by atoms with Crippen molar-refractivity contribution < 1.29 is 23.1 Å². The average molecular weight is 833 g/mol. The summed E-state index contributed by atoms with van der Waals surface area (Å²) in [5.41, 5.74) is 10.4. The molecule has 60 heavy (non-hydrogen) atoms. The number of aromatic amines is 1. The Morgan fingerprint density at radius 3 is 2.55 bits per heavy atom. The lowest BCUT2D eigenvalue weighted by Crippen LogP contribution is -2.55. The number of piperidine rings is 1. The number of aromatic nitrogens is 3. The molecule has 1 atom stereocenters. The quantitative estimate of drug-likeness (QED) is 0.0777. The normalized spacial score (nSPS) is 23.1. The van der Waals surface area contributed by atoms with Crippen molar-refractivity contribution in [3.63, 3.8) is 0 Å². The zero-order valence-corrected chi connectivity index (χ0v) is 35.5. The third kappa shape index (κ3) is 8.04. The molecule has 2 aliphatic carbocycles. The maximum atomic E-state index is 13.8. The van der Waals surface area contributed by atoms with Crippen LogP contribution in [0.5, 0.6) is 11.5 Å². The molecular formula is C46H56N8O5S. The first-order valence-electron chi connectivity index (χ1n) is 21.4. The van der Waals surface area contributed by atoms with E-state index in [1.165, 1.54) is 55.1 Å². The van der Waals surface area contributed by atoms with Gasteiger partial charge in [-0.15, -0.1) is 0 Å². The molecule has 5 aromatic rings. The number of amides is 1. The van der Waals surface area contributed by atoms with Gasteiger partial charge in [-0.2, -0.15) is 0 Å². The Labute approximate surface area is 352 Å². The van der Waals surface area contributed by atoms with E-state index in [4.69, 9.17) is 15.5 Å². The first-order chi connectivity index (χ1) is 28.7. The number of H-pyrrole nitrogens is 1. The monoisotopic (exact) mass is 832 g/mol. The topological polar surface area (TPSA) is 179 Å². The lowest BCUT2D eigenvalue weighted by atomic mass is 9.60. The van der Waals surface area contributed by atoms with Gasteiger partial charge >= 0.3 is 0 Å². The van der Waals surface area contributed by atoms with E-state index in [-0.39, 0.29) is 21.9 Å². The molecule has 0 radical (unpaired) electrons. The number of nitrogens with zero attached hydrogens (tertiary/aromatic N) is 4. The van der Waals surface area contributed by atoms with E-state index < -0.39 is 21.5 Å². The Kier molecular flexibility index (Phi) is 10.5. The maximum absolute atomic E-state index is 13.8. The second-order valence-electron chi connectivity index (χ2n) is 18.3. The van der Waals surface area contributed by atoms with Gasteiger partial charge in [0.15, 0.2) is 0 Å². The van der Waals surface area contributed by atoms with Crippen LogP contribution in [0, 0.1) is 11.3 Å². The molecule has 14 heteroatoms. The minimum Gasteiger partial charge on any atom is -0.455 e. The number of sulfonamides is 1. The van der Waals surface area contributed by atoms with Gasteiger partial charge in [0.2, 0.25) is 0 Å². The van der Waals surface area contributed by atoms with E-state index in [9.17, 15) is 18.3 Å². The molecule has 0 bridgehead atoms. The Morgan fingerprint density at radius 2 is 1.80 bits per heavy atom. The fourth-order valence-electron chi connectivity index (χ4n) is 10.3. The largest absolute Gasteiger partial charge is 0.455 e. The van der Waals surface area contributed by atoms with Crippen molar-refractivity contribution in [1.29, 1.82) is 0 Å². The van der Waals surface area contributed by atoms with Crippen LogP contribution in [0.4, 0.5) is 17.2 Å². The van der Waals surface area contributed by atoms with Gasteiger partial charge in [0.05, 0.1) is 28.1 Å². The second kappa shape index (κ2) is 15.7. The Bertz CT molecular complexity index is 2500. The number of hydrogen-bond acceptors (Lipinski definition) is 11. The zero-order valence-electron chi connectivity index (χ0n) is 34.7. The first-order valence-corrected chi connectivity index (χ1v) is 22.9. The molecule has 2 saturated carbocycles. The highest BCUT2D eigenvalue weighted by atomic mass is 32.2. The zero-order chi connectivity index (χ0) is 41.8. The summed E-state index contributed by atoms with van der Waals surface area (Å²) >= 11 is 0. The minimum atomic E-state index is -4.33. The molecule has 1 spiro atoms. The van der Waals surface area contributed by atoms with Crippen LogP contribution in [0.2, 0.25) is 0 Å². The second-order valence-corrected chi connectivity index (χ2v) is 20.0. The van der Waals surface area contributed by atoms with Gasteiger partial charge < -0.3 is 30.8 Å². The highest BCUT2D eigenvalue weighted by Crippen LogP contribution is 2.54. The Hall–Kier alpha value is -5.18. The molecule has 316 valence electrons. The minimum absolute atomic E-state index is 0.0337. The van der Waals surface area contributed by atoms with Crippen molar-refractivity contribution in [2.75, 3.05) is 42.1 Å². The summed E-state index contributed by atoms with van der Waals surface area (Å²) in [6.07, 6.45) is 13.1. The Morgan fingerprint density at radius 1 is 1.02 bits per heavy atom. The van der Waals surface area contributed by atoms with Crippen LogP contribution < -0.4 is 25.4 Å². The van der Waals surface area contributed by atoms with Crippen LogP contribution in [-0.4, -0.2) is 77.1 Å². The molecule has 6 N–H and O–H groups in total. The van der Waals surface area contributed by atoms with E-state index in [0.717, 1.165) is 37.9 Å². The first kappa shape index (κ1) is 40.2. The highest BCUT2D eigenvalue weighted by molar-refractivity contribution is 7.90. The number of nitrogens with one attached hydrogen (secondary N) is 3. The van der Waals surface area contributed by atoms with E-state index in [0.29, 0.717) is 71.6 Å². The smallest absolute Gasteiger partial charge is 0.270 e. The molecule has 4 fully saturated rings. The number of nitrogen functional groups attached to an aromatic ring is 1. The number of nitrogens with two attached hydrogens (primary N) is 1. The van der Waals surface area contributed by atoms with Crippen molar-refractivity contribution in [1.82, 2.24) is 24.6 Å². The van der Waals surface area contributed by atoms with Crippen molar-refractivity contribution >= 4 is 44.2 Å². The van der Waals surface area contributed by atoms with Crippen LogP contribution in [-0.2, 0) is 10.0 Å². The van der Waals surface area contributed by atoms with Crippen molar-refractivity contribution in [2.24, 2.45) is 11.3 Å². The fourth-order valence-corrected chi connectivity index (χ4v) is 11.3.